The average Bonchev–Trinajstić information content (AvgIpc) is 3.39. The topological polar surface area (TPSA) is 48.9 Å². The van der Waals surface area contributed by atoms with Crippen LogP contribution in [0, 0.1) is 0 Å². The van der Waals surface area contributed by atoms with Gasteiger partial charge in [-0.1, -0.05) is 30.3 Å². The Labute approximate surface area is 189 Å². The largest absolute Gasteiger partial charge is 0.378 e. The number of ether oxygens (including phenoxy) is 1. The third-order valence-electron chi connectivity index (χ3n) is 6.42. The molecule has 2 aliphatic heterocycles. The standard InChI is InChI=1S/C26H30N4O2/c1-28(19-20-8-10-22(11-9-20)29-14-16-32-17-15-29)26(31)23-18-21-6-2-3-7-24(21)27-25(23)30-12-4-5-13-30/h2-3,6-11,18H,4-5,12-17,19H2,1H3. The van der Waals surface area contributed by atoms with Crippen molar-refractivity contribution in [1.29, 1.82) is 0 Å². The first-order valence-corrected chi connectivity index (χ1v) is 11.5. The fraction of sp³-hybridized carbons (Fsp3) is 0.385. The summed E-state index contributed by atoms with van der Waals surface area (Å²) in [7, 11) is 1.88. The molecule has 3 heterocycles. The molecule has 0 bridgehead atoms. The molecule has 0 aliphatic carbocycles. The Kier molecular flexibility index (Phi) is 5.95. The summed E-state index contributed by atoms with van der Waals surface area (Å²) in [5.41, 5.74) is 3.96. The highest BCUT2D eigenvalue weighted by Crippen LogP contribution is 2.28. The van der Waals surface area contributed by atoms with Gasteiger partial charge < -0.3 is 19.4 Å². The van der Waals surface area contributed by atoms with Gasteiger partial charge in [0.1, 0.15) is 5.82 Å². The molecular formula is C26H30N4O2. The Morgan fingerprint density at radius 3 is 2.44 bits per heavy atom. The van der Waals surface area contributed by atoms with Crippen LogP contribution in [0.2, 0.25) is 0 Å². The fourth-order valence-electron chi connectivity index (χ4n) is 4.62. The van der Waals surface area contributed by atoms with Crippen LogP contribution in [0.3, 0.4) is 0 Å². The summed E-state index contributed by atoms with van der Waals surface area (Å²) in [6.07, 6.45) is 2.29. The van der Waals surface area contributed by atoms with Gasteiger partial charge in [0.25, 0.3) is 5.91 Å². The monoisotopic (exact) mass is 430 g/mol. The number of benzene rings is 2. The van der Waals surface area contributed by atoms with Crippen LogP contribution in [-0.4, -0.2) is 62.2 Å². The van der Waals surface area contributed by atoms with Crippen LogP contribution in [0.4, 0.5) is 11.5 Å². The van der Waals surface area contributed by atoms with Gasteiger partial charge in [-0.15, -0.1) is 0 Å². The molecule has 6 heteroatoms. The van der Waals surface area contributed by atoms with Crippen LogP contribution < -0.4 is 9.80 Å². The van der Waals surface area contributed by atoms with Crippen LogP contribution >= 0.6 is 0 Å². The van der Waals surface area contributed by atoms with Gasteiger partial charge in [-0.25, -0.2) is 4.98 Å². The molecule has 32 heavy (non-hydrogen) atoms. The summed E-state index contributed by atoms with van der Waals surface area (Å²) in [5.74, 6) is 0.836. The normalized spacial score (nSPS) is 16.5. The minimum absolute atomic E-state index is 0.0161. The molecule has 0 N–H and O–H groups in total. The zero-order valence-electron chi connectivity index (χ0n) is 18.7. The number of para-hydroxylation sites is 1. The summed E-state index contributed by atoms with van der Waals surface area (Å²) < 4.78 is 5.44. The number of nitrogens with zero attached hydrogens (tertiary/aromatic N) is 4. The zero-order valence-corrected chi connectivity index (χ0v) is 18.7. The lowest BCUT2D eigenvalue weighted by Crippen LogP contribution is -2.36. The molecule has 0 saturated carbocycles. The van der Waals surface area contributed by atoms with E-state index in [1.807, 2.05) is 37.4 Å². The molecule has 0 atom stereocenters. The molecule has 2 aromatic carbocycles. The first-order valence-electron chi connectivity index (χ1n) is 11.5. The quantitative estimate of drug-likeness (QED) is 0.614. The molecule has 166 valence electrons. The molecule has 0 spiro atoms. The van der Waals surface area contributed by atoms with E-state index in [-0.39, 0.29) is 5.91 Å². The number of amides is 1. The SMILES string of the molecule is CN(Cc1ccc(N2CCOCC2)cc1)C(=O)c1cc2ccccc2nc1N1CCCC1. The van der Waals surface area contributed by atoms with E-state index in [0.717, 1.165) is 74.5 Å². The maximum Gasteiger partial charge on any atom is 0.257 e. The summed E-state index contributed by atoms with van der Waals surface area (Å²) in [4.78, 5) is 24.8. The van der Waals surface area contributed by atoms with Crippen molar-refractivity contribution in [1.82, 2.24) is 9.88 Å². The maximum atomic E-state index is 13.5. The first kappa shape index (κ1) is 20.8. The Bertz CT molecular complexity index is 1090. The van der Waals surface area contributed by atoms with E-state index < -0.39 is 0 Å². The summed E-state index contributed by atoms with van der Waals surface area (Å²) in [6, 6.07) is 18.6. The third-order valence-corrected chi connectivity index (χ3v) is 6.42. The van der Waals surface area contributed by atoms with Gasteiger partial charge in [-0.3, -0.25) is 4.79 Å². The highest BCUT2D eigenvalue weighted by molar-refractivity contribution is 6.02. The van der Waals surface area contributed by atoms with Crippen molar-refractivity contribution in [2.24, 2.45) is 0 Å². The van der Waals surface area contributed by atoms with Crippen LogP contribution in [0.5, 0.6) is 0 Å². The van der Waals surface area contributed by atoms with Crippen molar-refractivity contribution in [2.75, 3.05) is 56.2 Å². The molecule has 2 aliphatic rings. The molecule has 0 radical (unpaired) electrons. The van der Waals surface area contributed by atoms with Gasteiger partial charge in [-0.2, -0.15) is 0 Å². The van der Waals surface area contributed by atoms with E-state index in [9.17, 15) is 4.79 Å². The Hall–Kier alpha value is -3.12. The fourth-order valence-corrected chi connectivity index (χ4v) is 4.62. The number of hydrogen-bond donors (Lipinski definition) is 0. The second-order valence-corrected chi connectivity index (χ2v) is 8.67. The van der Waals surface area contributed by atoms with Crippen molar-refractivity contribution >= 4 is 28.3 Å². The highest BCUT2D eigenvalue weighted by Gasteiger charge is 2.24. The highest BCUT2D eigenvalue weighted by atomic mass is 16.5. The van der Waals surface area contributed by atoms with E-state index in [2.05, 4.69) is 34.1 Å². The summed E-state index contributed by atoms with van der Waals surface area (Å²) >= 11 is 0. The molecule has 2 fully saturated rings. The van der Waals surface area contributed by atoms with E-state index in [4.69, 9.17) is 9.72 Å². The minimum Gasteiger partial charge on any atom is -0.378 e. The minimum atomic E-state index is 0.0161. The lowest BCUT2D eigenvalue weighted by Gasteiger charge is -2.29. The van der Waals surface area contributed by atoms with Gasteiger partial charge >= 0.3 is 0 Å². The molecular weight excluding hydrogens is 400 g/mol. The van der Waals surface area contributed by atoms with Crippen LogP contribution in [0.1, 0.15) is 28.8 Å². The summed E-state index contributed by atoms with van der Waals surface area (Å²) in [6.45, 7) is 5.87. The van der Waals surface area contributed by atoms with E-state index >= 15 is 0 Å². The number of anilines is 2. The van der Waals surface area contributed by atoms with E-state index in [1.54, 1.807) is 4.90 Å². The number of morpholine rings is 1. The number of carbonyl (C=O) groups excluding carboxylic acids is 1. The molecule has 2 saturated heterocycles. The van der Waals surface area contributed by atoms with Crippen molar-refractivity contribution in [3.05, 3.63) is 65.7 Å². The molecule has 3 aromatic rings. The number of carbonyl (C=O) groups is 1. The van der Waals surface area contributed by atoms with Gasteiger partial charge in [-0.05, 0) is 42.7 Å². The molecule has 0 unspecified atom stereocenters. The van der Waals surface area contributed by atoms with Crippen molar-refractivity contribution in [3.63, 3.8) is 0 Å². The smallest absolute Gasteiger partial charge is 0.257 e. The first-order chi connectivity index (χ1) is 15.7. The number of rotatable bonds is 5. The predicted molar refractivity (Wildman–Crippen MR) is 128 cm³/mol. The number of hydrogen-bond acceptors (Lipinski definition) is 5. The van der Waals surface area contributed by atoms with E-state index in [1.165, 1.54) is 5.69 Å². The Balaban J connectivity index is 1.36. The van der Waals surface area contributed by atoms with Gasteiger partial charge in [0.15, 0.2) is 0 Å². The lowest BCUT2D eigenvalue weighted by molar-refractivity contribution is 0.0785. The number of aromatic nitrogens is 1. The molecule has 1 amide bonds. The van der Waals surface area contributed by atoms with Crippen molar-refractivity contribution in [3.8, 4) is 0 Å². The zero-order chi connectivity index (χ0) is 21.9. The number of fused-ring (bicyclic) bond motifs is 1. The van der Waals surface area contributed by atoms with Crippen molar-refractivity contribution in [2.45, 2.75) is 19.4 Å². The van der Waals surface area contributed by atoms with Crippen molar-refractivity contribution < 1.29 is 9.53 Å². The number of pyridine rings is 1. The Morgan fingerprint density at radius 1 is 0.969 bits per heavy atom. The molecule has 1 aromatic heterocycles. The summed E-state index contributed by atoms with van der Waals surface area (Å²) in [5, 5.41) is 1.00. The predicted octanol–water partition coefficient (Wildman–Crippen LogP) is 3.94. The maximum absolute atomic E-state index is 13.5. The second-order valence-electron chi connectivity index (χ2n) is 8.67. The average molecular weight is 431 g/mol. The second kappa shape index (κ2) is 9.17. The molecule has 6 nitrogen and oxygen atoms in total. The van der Waals surface area contributed by atoms with E-state index in [0.29, 0.717) is 12.1 Å². The third kappa shape index (κ3) is 4.28. The molecule has 5 rings (SSSR count). The van der Waals surface area contributed by atoms with Gasteiger partial charge in [0, 0.05) is 50.8 Å². The van der Waals surface area contributed by atoms with Crippen LogP contribution in [-0.2, 0) is 11.3 Å². The Morgan fingerprint density at radius 2 is 1.69 bits per heavy atom. The lowest BCUT2D eigenvalue weighted by atomic mass is 10.1. The van der Waals surface area contributed by atoms with Crippen LogP contribution in [0.15, 0.2) is 54.6 Å². The van der Waals surface area contributed by atoms with Crippen LogP contribution in [0.25, 0.3) is 10.9 Å². The van der Waals surface area contributed by atoms with Gasteiger partial charge in [0.05, 0.1) is 24.3 Å². The van der Waals surface area contributed by atoms with Gasteiger partial charge in [0.2, 0.25) is 0 Å².